The van der Waals surface area contributed by atoms with Gasteiger partial charge < -0.3 is 13.8 Å². The lowest BCUT2D eigenvalue weighted by Gasteiger charge is -2.27. The summed E-state index contributed by atoms with van der Waals surface area (Å²) < 4.78 is 12.6. The molecule has 29 heavy (non-hydrogen) atoms. The molecule has 1 fully saturated rings. The molecule has 1 aliphatic heterocycles. The second-order valence-corrected chi connectivity index (χ2v) is 8.39. The van der Waals surface area contributed by atoms with Gasteiger partial charge in [-0.15, -0.1) is 10.2 Å². The van der Waals surface area contributed by atoms with Crippen molar-refractivity contribution in [3.8, 4) is 0 Å². The van der Waals surface area contributed by atoms with Crippen LogP contribution >= 0.6 is 11.8 Å². The molecular weight excluding hydrogens is 392 g/mol. The zero-order valence-electron chi connectivity index (χ0n) is 16.5. The number of carbonyl (C=O) groups is 1. The van der Waals surface area contributed by atoms with Crippen LogP contribution in [0.3, 0.4) is 0 Å². The number of furan rings is 1. The Morgan fingerprint density at radius 3 is 2.83 bits per heavy atom. The molecule has 3 aromatic rings. The largest absolute Gasteiger partial charge is 0.467 e. The van der Waals surface area contributed by atoms with Crippen LogP contribution in [0.5, 0.6) is 0 Å². The fraction of sp³-hybridized carbons (Fsp3) is 0.474. The third-order valence-corrected chi connectivity index (χ3v) is 5.84. The number of hydrogen-bond donors (Lipinski definition) is 1. The van der Waals surface area contributed by atoms with Gasteiger partial charge in [0.15, 0.2) is 5.16 Å². The molecule has 1 unspecified atom stereocenters. The first-order chi connectivity index (χ1) is 14.1. The van der Waals surface area contributed by atoms with Gasteiger partial charge in [0.1, 0.15) is 5.76 Å². The number of aryl methyl sites for hydroxylation is 1. The van der Waals surface area contributed by atoms with Gasteiger partial charge in [-0.1, -0.05) is 16.9 Å². The Morgan fingerprint density at radius 1 is 1.31 bits per heavy atom. The molecule has 9 nitrogen and oxygen atoms in total. The monoisotopic (exact) mass is 416 g/mol. The van der Waals surface area contributed by atoms with E-state index in [2.05, 4.69) is 25.6 Å². The fourth-order valence-electron chi connectivity index (χ4n) is 3.25. The van der Waals surface area contributed by atoms with E-state index in [1.807, 2.05) is 23.6 Å². The van der Waals surface area contributed by atoms with E-state index in [0.717, 1.165) is 37.6 Å². The minimum Gasteiger partial charge on any atom is -0.467 e. The van der Waals surface area contributed by atoms with Crippen LogP contribution in [0.4, 0.5) is 11.8 Å². The number of piperidine rings is 1. The van der Waals surface area contributed by atoms with Crippen molar-refractivity contribution in [2.75, 3.05) is 23.3 Å². The summed E-state index contributed by atoms with van der Waals surface area (Å²) in [4.78, 5) is 14.8. The first kappa shape index (κ1) is 19.6. The van der Waals surface area contributed by atoms with Crippen molar-refractivity contribution >= 4 is 29.5 Å². The predicted molar refractivity (Wildman–Crippen MR) is 109 cm³/mol. The van der Waals surface area contributed by atoms with Crippen LogP contribution in [0.2, 0.25) is 0 Å². The average molecular weight is 417 g/mol. The summed E-state index contributed by atoms with van der Waals surface area (Å²) in [5, 5.41) is 15.6. The van der Waals surface area contributed by atoms with E-state index >= 15 is 0 Å². The van der Waals surface area contributed by atoms with Gasteiger partial charge in [0.2, 0.25) is 17.7 Å². The fourth-order valence-corrected chi connectivity index (χ4v) is 4.09. The van der Waals surface area contributed by atoms with Crippen LogP contribution in [0.15, 0.2) is 38.6 Å². The normalized spacial score (nSPS) is 15.4. The molecule has 1 atom stereocenters. The van der Waals surface area contributed by atoms with Gasteiger partial charge in [-0.25, -0.2) is 0 Å². The molecular formula is C19H24N6O3S. The molecule has 0 saturated carbocycles. The quantitative estimate of drug-likeness (QED) is 0.585. The number of anilines is 2. The molecule has 1 aliphatic rings. The van der Waals surface area contributed by atoms with E-state index in [-0.39, 0.29) is 5.91 Å². The lowest BCUT2D eigenvalue weighted by atomic mass is 10.1. The van der Waals surface area contributed by atoms with Crippen LogP contribution < -0.4 is 10.2 Å². The van der Waals surface area contributed by atoms with E-state index in [1.165, 1.54) is 18.2 Å². The highest BCUT2D eigenvalue weighted by atomic mass is 32.2. The highest BCUT2D eigenvalue weighted by molar-refractivity contribution is 8.00. The van der Waals surface area contributed by atoms with Gasteiger partial charge in [-0.2, -0.15) is 0 Å². The number of rotatable bonds is 7. The minimum absolute atomic E-state index is 0.182. The number of aromatic nitrogens is 4. The van der Waals surface area contributed by atoms with E-state index in [0.29, 0.717) is 23.3 Å². The molecule has 4 rings (SSSR count). The van der Waals surface area contributed by atoms with Gasteiger partial charge in [0.25, 0.3) is 0 Å². The second kappa shape index (κ2) is 8.73. The summed E-state index contributed by atoms with van der Waals surface area (Å²) in [5.41, 5.74) is 0.713. The molecule has 10 heteroatoms. The summed E-state index contributed by atoms with van der Waals surface area (Å²) in [7, 11) is 0. The van der Waals surface area contributed by atoms with Gasteiger partial charge >= 0.3 is 0 Å². The van der Waals surface area contributed by atoms with Crippen molar-refractivity contribution in [1.29, 1.82) is 0 Å². The van der Waals surface area contributed by atoms with Gasteiger partial charge in [-0.3, -0.25) is 14.7 Å². The van der Waals surface area contributed by atoms with Crippen molar-refractivity contribution < 1.29 is 13.7 Å². The molecule has 0 spiro atoms. The van der Waals surface area contributed by atoms with E-state index in [4.69, 9.17) is 8.94 Å². The van der Waals surface area contributed by atoms with Gasteiger partial charge in [0.05, 0.1) is 23.8 Å². The van der Waals surface area contributed by atoms with Crippen LogP contribution in [-0.2, 0) is 11.3 Å². The van der Waals surface area contributed by atoms with Crippen molar-refractivity contribution in [2.45, 2.75) is 50.1 Å². The Balaban J connectivity index is 1.52. The maximum atomic E-state index is 12.6. The topological polar surface area (TPSA) is 102 Å². The van der Waals surface area contributed by atoms with Crippen molar-refractivity contribution in [3.63, 3.8) is 0 Å². The van der Waals surface area contributed by atoms with E-state index in [1.54, 1.807) is 19.3 Å². The van der Waals surface area contributed by atoms with Gasteiger partial charge in [-0.05, 0) is 45.2 Å². The third kappa shape index (κ3) is 4.64. The average Bonchev–Trinajstić information content (AvgIpc) is 3.46. The molecule has 3 aromatic heterocycles. The number of nitrogens with zero attached hydrogens (tertiary/aromatic N) is 5. The Kier molecular flexibility index (Phi) is 5.89. The zero-order valence-corrected chi connectivity index (χ0v) is 17.3. The molecule has 0 aliphatic carbocycles. The van der Waals surface area contributed by atoms with Gasteiger partial charge in [0, 0.05) is 19.2 Å². The molecule has 0 aromatic carbocycles. The Labute approximate surface area is 172 Å². The highest BCUT2D eigenvalue weighted by Gasteiger charge is 2.24. The summed E-state index contributed by atoms with van der Waals surface area (Å²) in [5.74, 6) is 1.80. The lowest BCUT2D eigenvalue weighted by molar-refractivity contribution is -0.115. The maximum absolute atomic E-state index is 12.6. The molecule has 4 heterocycles. The number of amides is 1. The number of nitrogens with one attached hydrogen (secondary N) is 1. The maximum Gasteiger partial charge on any atom is 0.240 e. The standard InChI is InChI=1S/C19H24N6O3S/c1-13-11-16(28-23-13)20-17(26)14(2)29-19-22-21-18(24-8-4-3-5-9-24)25(19)12-15-7-6-10-27-15/h6-7,10-11,14H,3-5,8-9,12H2,1-2H3,(H,20,26). The zero-order chi connectivity index (χ0) is 20.2. The second-order valence-electron chi connectivity index (χ2n) is 7.08. The highest BCUT2D eigenvalue weighted by Crippen LogP contribution is 2.28. The number of hydrogen-bond acceptors (Lipinski definition) is 8. The Hall–Kier alpha value is -2.75. The Bertz CT molecular complexity index is 945. The van der Waals surface area contributed by atoms with Crippen molar-refractivity contribution in [1.82, 2.24) is 19.9 Å². The third-order valence-electron chi connectivity index (χ3n) is 4.76. The first-order valence-electron chi connectivity index (χ1n) is 9.71. The SMILES string of the molecule is Cc1cc(NC(=O)C(C)Sc2nnc(N3CCCCC3)n2Cc2ccco2)on1. The molecule has 154 valence electrons. The first-order valence-corrected chi connectivity index (χ1v) is 10.6. The van der Waals surface area contributed by atoms with E-state index < -0.39 is 5.25 Å². The Morgan fingerprint density at radius 2 is 2.14 bits per heavy atom. The van der Waals surface area contributed by atoms with Crippen LogP contribution in [0.1, 0.15) is 37.6 Å². The summed E-state index contributed by atoms with van der Waals surface area (Å²) in [6.45, 7) is 6.07. The van der Waals surface area contributed by atoms with Crippen molar-refractivity contribution in [2.24, 2.45) is 0 Å². The minimum atomic E-state index is -0.394. The summed E-state index contributed by atoms with van der Waals surface area (Å²) >= 11 is 1.36. The predicted octanol–water partition coefficient (Wildman–Crippen LogP) is 3.33. The van der Waals surface area contributed by atoms with Crippen LogP contribution in [0, 0.1) is 6.92 Å². The smallest absolute Gasteiger partial charge is 0.240 e. The molecule has 1 N–H and O–H groups in total. The molecule has 1 saturated heterocycles. The lowest BCUT2D eigenvalue weighted by Crippen LogP contribution is -2.32. The van der Waals surface area contributed by atoms with E-state index in [9.17, 15) is 4.79 Å². The molecule has 1 amide bonds. The van der Waals surface area contributed by atoms with Crippen LogP contribution in [0.25, 0.3) is 0 Å². The number of carbonyl (C=O) groups excluding carboxylic acids is 1. The van der Waals surface area contributed by atoms with Crippen LogP contribution in [-0.4, -0.2) is 44.2 Å². The number of thioether (sulfide) groups is 1. The van der Waals surface area contributed by atoms with Crippen molar-refractivity contribution in [3.05, 3.63) is 35.9 Å². The summed E-state index contributed by atoms with van der Waals surface area (Å²) in [6, 6.07) is 5.47. The molecule has 0 bridgehead atoms. The molecule has 0 radical (unpaired) electrons. The summed E-state index contributed by atoms with van der Waals surface area (Å²) in [6.07, 6.45) is 5.18.